The topological polar surface area (TPSA) is 85.0 Å². The number of piperidine rings is 1. The molecule has 1 fully saturated rings. The molecule has 2 aromatic heterocycles. The number of aromatic nitrogens is 4. The molecule has 1 atom stereocenters. The number of nitrogens with zero attached hydrogens (tertiary/aromatic N) is 5. The number of carbonyl (C=O) groups is 1. The summed E-state index contributed by atoms with van der Waals surface area (Å²) in [5.41, 5.74) is 1.47. The van der Waals surface area contributed by atoms with Crippen LogP contribution in [0.1, 0.15) is 41.0 Å². The van der Waals surface area contributed by atoms with Crippen molar-refractivity contribution < 1.29 is 22.4 Å². The number of fused-ring (bicyclic) bond motifs is 1. The van der Waals surface area contributed by atoms with Gasteiger partial charge in [0.2, 0.25) is 5.89 Å². The maximum atomic E-state index is 12.8. The highest BCUT2D eigenvalue weighted by Crippen LogP contribution is 2.32. The molecule has 1 aromatic carbocycles. The fourth-order valence-corrected chi connectivity index (χ4v) is 3.10. The number of alkyl halides is 3. The molecule has 27 heavy (non-hydrogen) atoms. The van der Waals surface area contributed by atoms with Crippen LogP contribution in [-0.4, -0.2) is 44.1 Å². The molecule has 0 N–H and O–H groups in total. The Morgan fingerprint density at radius 2 is 1.96 bits per heavy atom. The maximum Gasteiger partial charge on any atom is 0.470 e. The average Bonchev–Trinajstić information content (AvgIpc) is 3.18. The molecule has 7 nitrogen and oxygen atoms in total. The Labute approximate surface area is 151 Å². The second-order valence-electron chi connectivity index (χ2n) is 6.28. The Balaban J connectivity index is 1.53. The van der Waals surface area contributed by atoms with Crippen LogP contribution in [0.2, 0.25) is 0 Å². The highest BCUT2D eigenvalue weighted by atomic mass is 19.4. The fraction of sp³-hybridized carbons (Fsp3) is 0.353. The lowest BCUT2D eigenvalue weighted by Crippen LogP contribution is -2.39. The second kappa shape index (κ2) is 6.60. The summed E-state index contributed by atoms with van der Waals surface area (Å²) < 4.78 is 42.7. The number of benzene rings is 1. The van der Waals surface area contributed by atoms with Gasteiger partial charge in [0.25, 0.3) is 5.91 Å². The molecule has 1 amide bonds. The van der Waals surface area contributed by atoms with Crippen LogP contribution in [-0.2, 0) is 6.18 Å². The number of likely N-dealkylation sites (tertiary alicyclic amines) is 1. The van der Waals surface area contributed by atoms with Crippen LogP contribution < -0.4 is 0 Å². The third-order valence-corrected chi connectivity index (χ3v) is 4.41. The first-order valence-corrected chi connectivity index (χ1v) is 8.33. The SMILES string of the molecule is O=C(c1cnc2ccccc2n1)N1CCC[C@H](c2nnc(C(F)(F)F)o2)C1. The zero-order valence-electron chi connectivity index (χ0n) is 14.0. The van der Waals surface area contributed by atoms with Gasteiger partial charge >= 0.3 is 12.1 Å². The van der Waals surface area contributed by atoms with Crippen LogP contribution in [0.3, 0.4) is 0 Å². The van der Waals surface area contributed by atoms with E-state index in [2.05, 4.69) is 20.2 Å². The minimum absolute atomic E-state index is 0.107. The van der Waals surface area contributed by atoms with Crippen molar-refractivity contribution in [3.8, 4) is 0 Å². The van der Waals surface area contributed by atoms with E-state index in [-0.39, 0.29) is 24.0 Å². The van der Waals surface area contributed by atoms with Crippen LogP contribution in [0.4, 0.5) is 13.2 Å². The molecule has 1 saturated heterocycles. The molecule has 0 unspecified atom stereocenters. The Kier molecular flexibility index (Phi) is 4.25. The highest BCUT2D eigenvalue weighted by molar-refractivity contribution is 5.93. The van der Waals surface area contributed by atoms with Crippen molar-refractivity contribution in [1.29, 1.82) is 0 Å². The van der Waals surface area contributed by atoms with E-state index < -0.39 is 18.0 Å². The minimum atomic E-state index is -4.68. The lowest BCUT2D eigenvalue weighted by molar-refractivity contribution is -0.157. The first-order chi connectivity index (χ1) is 12.9. The van der Waals surface area contributed by atoms with E-state index >= 15 is 0 Å². The van der Waals surface area contributed by atoms with E-state index in [9.17, 15) is 18.0 Å². The lowest BCUT2D eigenvalue weighted by atomic mass is 9.98. The van der Waals surface area contributed by atoms with E-state index in [0.29, 0.717) is 30.4 Å². The van der Waals surface area contributed by atoms with E-state index in [0.717, 1.165) is 0 Å². The normalized spacial score (nSPS) is 18.0. The van der Waals surface area contributed by atoms with Crippen LogP contribution >= 0.6 is 0 Å². The summed E-state index contributed by atoms with van der Waals surface area (Å²) in [5.74, 6) is -2.25. The van der Waals surface area contributed by atoms with Gasteiger partial charge in [0.15, 0.2) is 0 Å². The van der Waals surface area contributed by atoms with E-state index in [1.807, 2.05) is 6.07 Å². The smallest absolute Gasteiger partial charge is 0.417 e. The molecule has 1 aliphatic rings. The number of halogens is 3. The van der Waals surface area contributed by atoms with E-state index in [1.54, 1.807) is 18.2 Å². The monoisotopic (exact) mass is 377 g/mol. The van der Waals surface area contributed by atoms with Crippen molar-refractivity contribution in [3.63, 3.8) is 0 Å². The van der Waals surface area contributed by atoms with Crippen LogP contribution in [0.5, 0.6) is 0 Å². The van der Waals surface area contributed by atoms with Gasteiger partial charge in [0.1, 0.15) is 5.69 Å². The van der Waals surface area contributed by atoms with Gasteiger partial charge in [-0.3, -0.25) is 9.78 Å². The highest BCUT2D eigenvalue weighted by Gasteiger charge is 2.39. The molecule has 0 bridgehead atoms. The summed E-state index contributed by atoms with van der Waals surface area (Å²) >= 11 is 0. The Morgan fingerprint density at radius 1 is 1.19 bits per heavy atom. The Morgan fingerprint density at radius 3 is 2.70 bits per heavy atom. The third kappa shape index (κ3) is 3.46. The van der Waals surface area contributed by atoms with Crippen molar-refractivity contribution in [1.82, 2.24) is 25.1 Å². The van der Waals surface area contributed by atoms with Gasteiger partial charge < -0.3 is 9.32 Å². The molecule has 1 aliphatic heterocycles. The number of carbonyl (C=O) groups excluding carboxylic acids is 1. The summed E-state index contributed by atoms with van der Waals surface area (Å²) in [6, 6.07) is 7.18. The average molecular weight is 377 g/mol. The van der Waals surface area contributed by atoms with Gasteiger partial charge in [0, 0.05) is 13.1 Å². The molecule has 0 radical (unpaired) electrons. The van der Waals surface area contributed by atoms with Gasteiger partial charge in [0.05, 0.1) is 23.1 Å². The fourth-order valence-electron chi connectivity index (χ4n) is 3.10. The van der Waals surface area contributed by atoms with Crippen LogP contribution in [0.15, 0.2) is 34.9 Å². The van der Waals surface area contributed by atoms with Crippen molar-refractivity contribution >= 4 is 16.9 Å². The summed E-state index contributed by atoms with van der Waals surface area (Å²) in [6.45, 7) is 0.664. The number of rotatable bonds is 2. The zero-order chi connectivity index (χ0) is 19.0. The molecule has 0 aliphatic carbocycles. The zero-order valence-corrected chi connectivity index (χ0v) is 14.0. The number of hydrogen-bond acceptors (Lipinski definition) is 6. The summed E-state index contributed by atoms with van der Waals surface area (Å²) in [4.78, 5) is 22.9. The molecular weight excluding hydrogens is 363 g/mol. The number of para-hydroxylation sites is 2. The van der Waals surface area contributed by atoms with Crippen LogP contribution in [0.25, 0.3) is 11.0 Å². The standard InChI is InChI=1S/C17H14F3N5O2/c18-17(19,20)16-24-23-14(27-16)10-4-3-7-25(9-10)15(26)13-8-21-11-5-1-2-6-12(11)22-13/h1-2,5-6,8,10H,3-4,7,9H2/t10-/m0/s1. The maximum absolute atomic E-state index is 12.8. The van der Waals surface area contributed by atoms with Gasteiger partial charge in [-0.25, -0.2) is 4.98 Å². The molecular formula is C17H14F3N5O2. The second-order valence-corrected chi connectivity index (χ2v) is 6.28. The Hall–Kier alpha value is -3.04. The van der Waals surface area contributed by atoms with Gasteiger partial charge in [-0.2, -0.15) is 13.2 Å². The molecule has 0 saturated carbocycles. The van der Waals surface area contributed by atoms with Crippen molar-refractivity contribution in [2.75, 3.05) is 13.1 Å². The van der Waals surface area contributed by atoms with Crippen molar-refractivity contribution in [2.24, 2.45) is 0 Å². The molecule has 0 spiro atoms. The molecule has 3 heterocycles. The van der Waals surface area contributed by atoms with Gasteiger partial charge in [-0.05, 0) is 25.0 Å². The quantitative estimate of drug-likeness (QED) is 0.682. The Bertz CT molecular complexity index is 988. The molecule has 4 rings (SSSR count). The molecule has 3 aromatic rings. The third-order valence-electron chi connectivity index (χ3n) is 4.41. The first-order valence-electron chi connectivity index (χ1n) is 8.33. The summed E-state index contributed by atoms with van der Waals surface area (Å²) in [7, 11) is 0. The molecule has 10 heteroatoms. The van der Waals surface area contributed by atoms with Gasteiger partial charge in [-0.1, -0.05) is 12.1 Å². The number of amides is 1. The summed E-state index contributed by atoms with van der Waals surface area (Å²) in [6.07, 6.45) is -2.10. The largest absolute Gasteiger partial charge is 0.470 e. The van der Waals surface area contributed by atoms with E-state index in [4.69, 9.17) is 4.42 Å². The van der Waals surface area contributed by atoms with Crippen LogP contribution in [0, 0.1) is 0 Å². The summed E-state index contributed by atoms with van der Waals surface area (Å²) in [5, 5.41) is 6.57. The predicted molar refractivity (Wildman–Crippen MR) is 86.7 cm³/mol. The predicted octanol–water partition coefficient (Wildman–Crippen LogP) is 3.05. The first kappa shape index (κ1) is 17.4. The molecule has 140 valence electrons. The van der Waals surface area contributed by atoms with E-state index in [1.165, 1.54) is 11.1 Å². The van der Waals surface area contributed by atoms with Crippen molar-refractivity contribution in [3.05, 3.63) is 47.9 Å². The van der Waals surface area contributed by atoms with Gasteiger partial charge in [-0.15, -0.1) is 10.2 Å². The van der Waals surface area contributed by atoms with Crippen molar-refractivity contribution in [2.45, 2.75) is 24.9 Å². The lowest BCUT2D eigenvalue weighted by Gasteiger charge is -2.30. The number of hydrogen-bond donors (Lipinski definition) is 0. The minimum Gasteiger partial charge on any atom is -0.417 e.